The molecule has 0 spiro atoms. The summed E-state index contributed by atoms with van der Waals surface area (Å²) in [5, 5.41) is 2.58. The zero-order chi connectivity index (χ0) is 15.0. The van der Waals surface area contributed by atoms with Crippen LogP contribution in [-0.4, -0.2) is 28.4 Å². The fourth-order valence-corrected chi connectivity index (χ4v) is 2.58. The molecule has 0 bridgehead atoms. The Bertz CT molecular complexity index is 721. The lowest BCUT2D eigenvalue weighted by Gasteiger charge is -2.17. The third-order valence-corrected chi connectivity index (χ3v) is 3.47. The van der Waals surface area contributed by atoms with Gasteiger partial charge in [0.15, 0.2) is 5.11 Å². The lowest BCUT2D eigenvalue weighted by molar-refractivity contribution is -0.125. The van der Waals surface area contributed by atoms with Gasteiger partial charge in [-0.1, -0.05) is 18.2 Å². The van der Waals surface area contributed by atoms with Crippen LogP contribution in [0.1, 0.15) is 12.5 Å². The Labute approximate surface area is 126 Å². The smallest absolute Gasteiger partial charge is 0.274 e. The highest BCUT2D eigenvalue weighted by Gasteiger charge is 2.33. The molecule has 2 aliphatic heterocycles. The fourth-order valence-electron chi connectivity index (χ4n) is 2.26. The molecule has 1 fully saturated rings. The standard InChI is InChI=1S/C15H12N2O3S/c1-9(18)17-12(14(19)16-15(17)21)7-10-6-11-4-2-3-5-13(11)20-8-10/h2-7H,8H2,1H3,(H,16,19,21). The normalized spacial score (nSPS) is 19.0. The van der Waals surface area contributed by atoms with Gasteiger partial charge >= 0.3 is 0 Å². The number of para-hydroxylation sites is 1. The monoisotopic (exact) mass is 300 g/mol. The van der Waals surface area contributed by atoms with Gasteiger partial charge < -0.3 is 4.74 Å². The number of hydrogen-bond donors (Lipinski definition) is 1. The molecule has 1 aromatic carbocycles. The summed E-state index contributed by atoms with van der Waals surface area (Å²) in [4.78, 5) is 24.7. The van der Waals surface area contributed by atoms with Crippen molar-refractivity contribution in [2.24, 2.45) is 0 Å². The summed E-state index contributed by atoms with van der Waals surface area (Å²) in [5.41, 5.74) is 1.96. The predicted molar refractivity (Wildman–Crippen MR) is 81.3 cm³/mol. The second-order valence-electron chi connectivity index (χ2n) is 4.69. The van der Waals surface area contributed by atoms with Crippen LogP contribution >= 0.6 is 12.2 Å². The van der Waals surface area contributed by atoms with Crippen LogP contribution in [0.5, 0.6) is 5.75 Å². The predicted octanol–water partition coefficient (Wildman–Crippen LogP) is 1.61. The number of thiocarbonyl (C=S) groups is 1. The summed E-state index contributed by atoms with van der Waals surface area (Å²) >= 11 is 4.98. The Morgan fingerprint density at radius 1 is 1.43 bits per heavy atom. The minimum Gasteiger partial charge on any atom is -0.488 e. The maximum absolute atomic E-state index is 11.9. The summed E-state index contributed by atoms with van der Waals surface area (Å²) in [6, 6.07) is 7.62. The highest BCUT2D eigenvalue weighted by atomic mass is 32.1. The average Bonchev–Trinajstić information content (AvgIpc) is 2.73. The van der Waals surface area contributed by atoms with Gasteiger partial charge in [0.05, 0.1) is 0 Å². The number of amides is 2. The van der Waals surface area contributed by atoms with Gasteiger partial charge in [0.1, 0.15) is 18.1 Å². The van der Waals surface area contributed by atoms with Crippen molar-refractivity contribution in [2.75, 3.05) is 6.61 Å². The van der Waals surface area contributed by atoms with Crippen LogP contribution < -0.4 is 10.1 Å². The van der Waals surface area contributed by atoms with Crippen molar-refractivity contribution in [1.82, 2.24) is 10.2 Å². The van der Waals surface area contributed by atoms with E-state index in [4.69, 9.17) is 17.0 Å². The number of nitrogens with zero attached hydrogens (tertiary/aromatic N) is 1. The maximum Gasteiger partial charge on any atom is 0.274 e. The van der Waals surface area contributed by atoms with Gasteiger partial charge in [-0.05, 0) is 36.0 Å². The van der Waals surface area contributed by atoms with Crippen molar-refractivity contribution in [2.45, 2.75) is 6.92 Å². The van der Waals surface area contributed by atoms with E-state index in [1.54, 1.807) is 6.08 Å². The summed E-state index contributed by atoms with van der Waals surface area (Å²) in [5.74, 6) is 0.117. The molecular formula is C15H12N2O3S. The van der Waals surface area contributed by atoms with E-state index in [2.05, 4.69) is 5.32 Å². The van der Waals surface area contributed by atoms with Crippen LogP contribution in [0.15, 0.2) is 41.6 Å². The van der Waals surface area contributed by atoms with E-state index in [0.29, 0.717) is 6.61 Å². The Balaban J connectivity index is 1.98. The van der Waals surface area contributed by atoms with Gasteiger partial charge in [0.25, 0.3) is 5.91 Å². The van der Waals surface area contributed by atoms with Crippen molar-refractivity contribution in [1.29, 1.82) is 0 Å². The Hall–Kier alpha value is -2.47. The molecule has 0 aromatic heterocycles. The lowest BCUT2D eigenvalue weighted by atomic mass is 10.1. The molecule has 2 aliphatic rings. The van der Waals surface area contributed by atoms with Crippen molar-refractivity contribution < 1.29 is 14.3 Å². The van der Waals surface area contributed by atoms with Crippen LogP contribution in [0.4, 0.5) is 0 Å². The number of fused-ring (bicyclic) bond motifs is 1. The molecule has 1 saturated heterocycles. The van der Waals surface area contributed by atoms with Gasteiger partial charge in [-0.2, -0.15) is 0 Å². The number of carbonyl (C=O) groups is 2. The SMILES string of the molecule is CC(=O)N1C(=S)NC(=O)C1=CC1=Cc2ccccc2OC1. The molecule has 3 rings (SSSR count). The first kappa shape index (κ1) is 13.5. The topological polar surface area (TPSA) is 58.6 Å². The number of carbonyl (C=O) groups excluding carboxylic acids is 2. The molecule has 0 unspecified atom stereocenters. The molecule has 0 aliphatic carbocycles. The van der Waals surface area contributed by atoms with Crippen LogP contribution in [0.3, 0.4) is 0 Å². The first-order valence-corrected chi connectivity index (χ1v) is 6.77. The lowest BCUT2D eigenvalue weighted by Crippen LogP contribution is -2.31. The molecule has 0 atom stereocenters. The van der Waals surface area contributed by atoms with E-state index < -0.39 is 0 Å². The van der Waals surface area contributed by atoms with Crippen molar-refractivity contribution in [3.8, 4) is 5.75 Å². The Kier molecular flexibility index (Phi) is 3.31. The third kappa shape index (κ3) is 2.45. The molecule has 5 nitrogen and oxygen atoms in total. The minimum atomic E-state index is -0.380. The second kappa shape index (κ2) is 5.14. The number of hydrogen-bond acceptors (Lipinski definition) is 4. The summed E-state index contributed by atoms with van der Waals surface area (Å²) < 4.78 is 5.62. The number of rotatable bonds is 1. The van der Waals surface area contributed by atoms with E-state index in [1.165, 1.54) is 11.8 Å². The minimum absolute atomic E-state index is 0.108. The highest BCUT2D eigenvalue weighted by Crippen LogP contribution is 2.27. The fraction of sp³-hybridized carbons (Fsp3) is 0.133. The van der Waals surface area contributed by atoms with Crippen molar-refractivity contribution >= 4 is 35.2 Å². The van der Waals surface area contributed by atoms with E-state index >= 15 is 0 Å². The summed E-state index contributed by atoms with van der Waals surface area (Å²) in [6.45, 7) is 1.70. The molecular weight excluding hydrogens is 288 g/mol. The average molecular weight is 300 g/mol. The van der Waals surface area contributed by atoms with Gasteiger partial charge in [-0.3, -0.25) is 19.8 Å². The summed E-state index contributed by atoms with van der Waals surface area (Å²) in [7, 11) is 0. The van der Waals surface area contributed by atoms with Gasteiger partial charge in [0, 0.05) is 12.5 Å². The Morgan fingerprint density at radius 3 is 2.95 bits per heavy atom. The number of benzene rings is 1. The van der Waals surface area contributed by atoms with Crippen LogP contribution in [-0.2, 0) is 9.59 Å². The Morgan fingerprint density at radius 2 is 2.19 bits per heavy atom. The number of nitrogens with one attached hydrogen (secondary N) is 1. The van der Waals surface area contributed by atoms with Crippen molar-refractivity contribution in [3.63, 3.8) is 0 Å². The number of ether oxygens (including phenoxy) is 1. The van der Waals surface area contributed by atoms with Gasteiger partial charge in [-0.25, -0.2) is 0 Å². The molecule has 2 heterocycles. The van der Waals surface area contributed by atoms with E-state index in [-0.39, 0.29) is 22.6 Å². The zero-order valence-electron chi connectivity index (χ0n) is 11.3. The highest BCUT2D eigenvalue weighted by molar-refractivity contribution is 7.80. The first-order valence-electron chi connectivity index (χ1n) is 6.36. The molecule has 1 N–H and O–H groups in total. The maximum atomic E-state index is 11.9. The first-order chi connectivity index (χ1) is 10.1. The molecule has 6 heteroatoms. The molecule has 2 amide bonds. The quantitative estimate of drug-likeness (QED) is 0.632. The molecule has 0 saturated carbocycles. The zero-order valence-corrected chi connectivity index (χ0v) is 12.1. The van der Waals surface area contributed by atoms with Crippen LogP contribution in [0.25, 0.3) is 6.08 Å². The molecule has 21 heavy (non-hydrogen) atoms. The van der Waals surface area contributed by atoms with E-state index in [1.807, 2.05) is 30.3 Å². The molecule has 106 valence electrons. The summed E-state index contributed by atoms with van der Waals surface area (Å²) in [6.07, 6.45) is 3.56. The molecule has 0 radical (unpaired) electrons. The molecule has 1 aromatic rings. The van der Waals surface area contributed by atoms with Crippen molar-refractivity contribution in [3.05, 3.63) is 47.2 Å². The van der Waals surface area contributed by atoms with Crippen LogP contribution in [0.2, 0.25) is 0 Å². The van der Waals surface area contributed by atoms with E-state index in [9.17, 15) is 9.59 Å². The second-order valence-corrected chi connectivity index (χ2v) is 5.08. The largest absolute Gasteiger partial charge is 0.488 e. The van der Waals surface area contributed by atoms with Gasteiger partial charge in [0.2, 0.25) is 5.91 Å². The van der Waals surface area contributed by atoms with Gasteiger partial charge in [-0.15, -0.1) is 0 Å². The third-order valence-electron chi connectivity index (χ3n) is 3.19. The van der Waals surface area contributed by atoms with E-state index in [0.717, 1.165) is 16.9 Å². The van der Waals surface area contributed by atoms with Crippen LogP contribution in [0, 0.1) is 0 Å².